The van der Waals surface area contributed by atoms with Crippen LogP contribution in [-0.4, -0.2) is 69.8 Å². The third kappa shape index (κ3) is 20.9. The molecule has 9 heteroatoms. The number of carbonyl (C=O) groups is 2. The smallest absolute Gasteiger partial charge is 0.407 e. The summed E-state index contributed by atoms with van der Waals surface area (Å²) in [6.07, 6.45) is 1.00. The fourth-order valence-electron chi connectivity index (χ4n) is 1.58. The zero-order valence-electron chi connectivity index (χ0n) is 15.4. The van der Waals surface area contributed by atoms with Crippen LogP contribution in [0.5, 0.6) is 0 Å². The molecule has 0 saturated heterocycles. The van der Waals surface area contributed by atoms with Gasteiger partial charge >= 0.3 is 11.5 Å². The molecule has 0 spiro atoms. The van der Waals surface area contributed by atoms with Gasteiger partial charge in [-0.25, -0.2) is 4.79 Å². The molecule has 0 aliphatic carbocycles. The largest absolute Gasteiger partial charge is 0.444 e. The molecule has 0 aromatic rings. The molecule has 25 heavy (non-hydrogen) atoms. The summed E-state index contributed by atoms with van der Waals surface area (Å²) in [6, 6.07) is 0. The predicted octanol–water partition coefficient (Wildman–Crippen LogP) is 2.29. The van der Waals surface area contributed by atoms with E-state index >= 15 is 0 Å². The number of hydrogen-bond donors (Lipinski definition) is 2. The van der Waals surface area contributed by atoms with Gasteiger partial charge in [-0.1, -0.05) is 0 Å². The standard InChI is InChI=1S/C16H31ClN2O6/c1-16(2,3)25-15(21)19-7-5-9-23-11-13-24-12-10-22-8-4-6-18-14(17)20/h4-13H2,1-3H3,(H,18,20)(H,19,21). The lowest BCUT2D eigenvalue weighted by atomic mass is 10.2. The second kappa shape index (κ2) is 15.2. The molecule has 0 aromatic heterocycles. The van der Waals surface area contributed by atoms with Crippen LogP contribution in [0.15, 0.2) is 0 Å². The lowest BCUT2D eigenvalue weighted by Crippen LogP contribution is -2.33. The van der Waals surface area contributed by atoms with Gasteiger partial charge in [-0.3, -0.25) is 4.79 Å². The number of alkyl carbamates (subject to hydrolysis) is 1. The molecule has 0 aliphatic rings. The molecule has 0 saturated carbocycles. The van der Waals surface area contributed by atoms with Crippen molar-refractivity contribution in [3.05, 3.63) is 0 Å². The Morgan fingerprint density at radius 1 is 0.800 bits per heavy atom. The van der Waals surface area contributed by atoms with Crippen LogP contribution < -0.4 is 10.6 Å². The van der Waals surface area contributed by atoms with Crippen molar-refractivity contribution in [2.24, 2.45) is 0 Å². The zero-order chi connectivity index (χ0) is 19.0. The van der Waals surface area contributed by atoms with Gasteiger partial charge in [-0.2, -0.15) is 0 Å². The van der Waals surface area contributed by atoms with E-state index in [1.807, 2.05) is 20.8 Å². The van der Waals surface area contributed by atoms with E-state index in [1.54, 1.807) is 0 Å². The van der Waals surface area contributed by atoms with Crippen molar-refractivity contribution in [3.63, 3.8) is 0 Å². The third-order valence-electron chi connectivity index (χ3n) is 2.61. The number of ether oxygens (including phenoxy) is 4. The highest BCUT2D eigenvalue weighted by molar-refractivity contribution is 6.62. The van der Waals surface area contributed by atoms with Crippen molar-refractivity contribution in [3.8, 4) is 0 Å². The second-order valence-corrected chi connectivity index (χ2v) is 6.52. The summed E-state index contributed by atoms with van der Waals surface area (Å²) in [5, 5.41) is 4.58. The molecule has 148 valence electrons. The Hall–Kier alpha value is -1.09. The van der Waals surface area contributed by atoms with Crippen molar-refractivity contribution in [1.29, 1.82) is 0 Å². The molecular formula is C16H31ClN2O6. The summed E-state index contributed by atoms with van der Waals surface area (Å²) in [5.41, 5.74) is -0.484. The normalized spacial score (nSPS) is 11.2. The first-order valence-electron chi connectivity index (χ1n) is 8.44. The minimum absolute atomic E-state index is 0.416. The van der Waals surface area contributed by atoms with Crippen molar-refractivity contribution in [1.82, 2.24) is 10.6 Å². The molecule has 0 heterocycles. The topological polar surface area (TPSA) is 95.1 Å². The minimum Gasteiger partial charge on any atom is -0.444 e. The maximum absolute atomic E-state index is 11.4. The number of carbonyl (C=O) groups excluding carboxylic acids is 2. The number of nitrogens with one attached hydrogen (secondary N) is 2. The highest BCUT2D eigenvalue weighted by atomic mass is 35.5. The highest BCUT2D eigenvalue weighted by Gasteiger charge is 2.15. The van der Waals surface area contributed by atoms with Crippen LogP contribution in [-0.2, 0) is 18.9 Å². The van der Waals surface area contributed by atoms with E-state index in [4.69, 9.17) is 30.5 Å². The second-order valence-electron chi connectivity index (χ2n) is 6.17. The van der Waals surface area contributed by atoms with Crippen LogP contribution in [0.2, 0.25) is 0 Å². The van der Waals surface area contributed by atoms with Gasteiger partial charge < -0.3 is 29.6 Å². The quantitative estimate of drug-likeness (QED) is 0.272. The van der Waals surface area contributed by atoms with Crippen LogP contribution in [0, 0.1) is 0 Å². The first kappa shape index (κ1) is 23.9. The molecule has 2 amide bonds. The van der Waals surface area contributed by atoms with Gasteiger partial charge in [0.25, 0.3) is 0 Å². The first-order chi connectivity index (χ1) is 11.8. The summed E-state index contributed by atoms with van der Waals surface area (Å²) in [5.74, 6) is 0. The number of amides is 2. The molecule has 0 rings (SSSR count). The van der Waals surface area contributed by atoms with Gasteiger partial charge in [0.2, 0.25) is 0 Å². The van der Waals surface area contributed by atoms with Gasteiger partial charge in [0.05, 0.1) is 26.4 Å². The van der Waals surface area contributed by atoms with E-state index in [1.165, 1.54) is 0 Å². The van der Waals surface area contributed by atoms with Crippen LogP contribution in [0.25, 0.3) is 0 Å². The Balaban J connectivity index is 3.17. The number of halogens is 1. The average molecular weight is 383 g/mol. The Kier molecular flexibility index (Phi) is 14.5. The van der Waals surface area contributed by atoms with Crippen LogP contribution >= 0.6 is 11.6 Å². The Morgan fingerprint density at radius 2 is 1.24 bits per heavy atom. The molecule has 0 bridgehead atoms. The first-order valence-corrected chi connectivity index (χ1v) is 8.82. The predicted molar refractivity (Wildman–Crippen MR) is 95.2 cm³/mol. The van der Waals surface area contributed by atoms with Crippen LogP contribution in [0.4, 0.5) is 9.59 Å². The third-order valence-corrected chi connectivity index (χ3v) is 2.74. The lowest BCUT2D eigenvalue weighted by Gasteiger charge is -2.19. The summed E-state index contributed by atoms with van der Waals surface area (Å²) < 4.78 is 21.2. The molecule has 0 atom stereocenters. The molecule has 0 aliphatic heterocycles. The maximum Gasteiger partial charge on any atom is 0.407 e. The SMILES string of the molecule is CC(C)(C)OC(=O)NCCCOCCOCCOCCCNC(=O)Cl. The van der Waals surface area contributed by atoms with Crippen LogP contribution in [0.3, 0.4) is 0 Å². The van der Waals surface area contributed by atoms with Gasteiger partial charge in [0.15, 0.2) is 0 Å². The molecular weight excluding hydrogens is 352 g/mol. The van der Waals surface area contributed by atoms with E-state index in [-0.39, 0.29) is 0 Å². The number of rotatable bonds is 14. The fraction of sp³-hybridized carbons (Fsp3) is 0.875. The lowest BCUT2D eigenvalue weighted by molar-refractivity contribution is 0.0137. The summed E-state index contributed by atoms with van der Waals surface area (Å²) >= 11 is 5.12. The zero-order valence-corrected chi connectivity index (χ0v) is 16.2. The fourth-order valence-corrected chi connectivity index (χ4v) is 1.68. The van der Waals surface area contributed by atoms with E-state index < -0.39 is 17.1 Å². The Labute approximate surface area is 154 Å². The molecule has 0 fully saturated rings. The van der Waals surface area contributed by atoms with Gasteiger partial charge in [-0.15, -0.1) is 0 Å². The van der Waals surface area contributed by atoms with Crippen molar-refractivity contribution < 1.29 is 28.5 Å². The summed E-state index contributed by atoms with van der Waals surface area (Å²) in [6.45, 7) is 9.53. The Morgan fingerprint density at radius 3 is 1.68 bits per heavy atom. The molecule has 2 N–H and O–H groups in total. The Bertz CT molecular complexity index is 363. The summed E-state index contributed by atoms with van der Waals surface area (Å²) in [4.78, 5) is 21.8. The van der Waals surface area contributed by atoms with Crippen LogP contribution in [0.1, 0.15) is 33.6 Å². The van der Waals surface area contributed by atoms with Crippen molar-refractivity contribution in [2.45, 2.75) is 39.2 Å². The molecule has 8 nitrogen and oxygen atoms in total. The average Bonchev–Trinajstić information content (AvgIpc) is 2.49. The van der Waals surface area contributed by atoms with E-state index in [0.29, 0.717) is 65.6 Å². The van der Waals surface area contributed by atoms with Gasteiger partial charge in [0, 0.05) is 26.3 Å². The molecule has 0 radical (unpaired) electrons. The van der Waals surface area contributed by atoms with E-state index in [0.717, 1.165) is 0 Å². The monoisotopic (exact) mass is 382 g/mol. The minimum atomic E-state index is -0.552. The van der Waals surface area contributed by atoms with Gasteiger partial charge in [-0.05, 0) is 45.2 Å². The molecule has 0 aromatic carbocycles. The maximum atomic E-state index is 11.4. The van der Waals surface area contributed by atoms with Crippen molar-refractivity contribution >= 4 is 23.1 Å². The highest BCUT2D eigenvalue weighted by Crippen LogP contribution is 2.06. The van der Waals surface area contributed by atoms with E-state index in [2.05, 4.69) is 10.6 Å². The van der Waals surface area contributed by atoms with Crippen molar-refractivity contribution in [2.75, 3.05) is 52.7 Å². The number of hydrogen-bond acceptors (Lipinski definition) is 6. The van der Waals surface area contributed by atoms with Gasteiger partial charge in [0.1, 0.15) is 5.60 Å². The summed E-state index contributed by atoms with van der Waals surface area (Å²) in [7, 11) is 0. The van der Waals surface area contributed by atoms with E-state index in [9.17, 15) is 9.59 Å². The molecule has 0 unspecified atom stereocenters.